The van der Waals surface area contributed by atoms with Crippen molar-refractivity contribution < 1.29 is 4.79 Å². The van der Waals surface area contributed by atoms with Crippen molar-refractivity contribution in [3.63, 3.8) is 0 Å². The summed E-state index contributed by atoms with van der Waals surface area (Å²) < 4.78 is 1.90. The van der Waals surface area contributed by atoms with E-state index in [9.17, 15) is 4.79 Å². The average molecular weight is 430 g/mol. The normalized spacial score (nSPS) is 10.8. The van der Waals surface area contributed by atoms with Gasteiger partial charge in [0.1, 0.15) is 5.69 Å². The van der Waals surface area contributed by atoms with Crippen molar-refractivity contribution in [1.82, 2.24) is 15.1 Å². The summed E-state index contributed by atoms with van der Waals surface area (Å²) in [5.41, 5.74) is 5.04. The molecule has 0 aliphatic carbocycles. The average Bonchev–Trinajstić information content (AvgIpc) is 3.18. The number of carbonyl (C=O) groups excluding carboxylic acids is 1. The van der Waals surface area contributed by atoms with Gasteiger partial charge < -0.3 is 5.32 Å². The van der Waals surface area contributed by atoms with Gasteiger partial charge in [-0.1, -0.05) is 85.6 Å². The standard InChI is InChI=1S/C26H24ClN3O/c1-2-10-23-24(26(31)28-18-19-11-9-14-21(27)17-19)25(20-12-5-3-6-13-20)29-30(23)22-15-7-4-8-16-22/h3-9,11-17H,2,10,18H2,1H3,(H,28,31). The van der Waals surface area contributed by atoms with Crippen LogP contribution in [-0.4, -0.2) is 15.7 Å². The molecule has 156 valence electrons. The molecule has 0 fully saturated rings. The lowest BCUT2D eigenvalue weighted by molar-refractivity contribution is 0.0950. The molecular formula is C26H24ClN3O. The number of carbonyl (C=O) groups is 1. The van der Waals surface area contributed by atoms with Crippen molar-refractivity contribution in [3.05, 3.63) is 107 Å². The smallest absolute Gasteiger partial charge is 0.255 e. The van der Waals surface area contributed by atoms with Gasteiger partial charge in [-0.25, -0.2) is 4.68 Å². The fourth-order valence-corrected chi connectivity index (χ4v) is 3.87. The van der Waals surface area contributed by atoms with Crippen molar-refractivity contribution >= 4 is 17.5 Å². The zero-order chi connectivity index (χ0) is 21.6. The first-order chi connectivity index (χ1) is 15.2. The number of nitrogens with one attached hydrogen (secondary N) is 1. The maximum Gasteiger partial charge on any atom is 0.255 e. The Labute approximate surface area is 187 Å². The number of para-hydroxylation sites is 1. The van der Waals surface area contributed by atoms with E-state index in [2.05, 4.69) is 12.2 Å². The molecule has 1 aromatic heterocycles. The van der Waals surface area contributed by atoms with Crippen LogP contribution >= 0.6 is 11.6 Å². The zero-order valence-electron chi connectivity index (χ0n) is 17.4. The predicted molar refractivity (Wildman–Crippen MR) is 126 cm³/mol. The van der Waals surface area contributed by atoms with E-state index in [1.807, 2.05) is 89.6 Å². The van der Waals surface area contributed by atoms with Gasteiger partial charge in [0.2, 0.25) is 0 Å². The quantitative estimate of drug-likeness (QED) is 0.387. The van der Waals surface area contributed by atoms with Crippen molar-refractivity contribution in [2.75, 3.05) is 0 Å². The minimum absolute atomic E-state index is 0.135. The molecule has 0 radical (unpaired) electrons. The topological polar surface area (TPSA) is 46.9 Å². The maximum absolute atomic E-state index is 13.4. The van der Waals surface area contributed by atoms with Crippen LogP contribution in [0.15, 0.2) is 84.9 Å². The monoisotopic (exact) mass is 429 g/mol. The van der Waals surface area contributed by atoms with Gasteiger partial charge in [-0.15, -0.1) is 0 Å². The van der Waals surface area contributed by atoms with E-state index in [0.29, 0.717) is 22.8 Å². The molecular weight excluding hydrogens is 406 g/mol. The van der Waals surface area contributed by atoms with Gasteiger partial charge in [-0.05, 0) is 36.2 Å². The van der Waals surface area contributed by atoms with Crippen LogP contribution < -0.4 is 5.32 Å². The molecule has 4 nitrogen and oxygen atoms in total. The molecule has 4 rings (SSSR count). The zero-order valence-corrected chi connectivity index (χ0v) is 18.1. The number of aromatic nitrogens is 2. The Hall–Kier alpha value is -3.37. The van der Waals surface area contributed by atoms with Crippen molar-refractivity contribution in [2.24, 2.45) is 0 Å². The molecule has 4 aromatic rings. The van der Waals surface area contributed by atoms with Crippen LogP contribution in [0.3, 0.4) is 0 Å². The van der Waals surface area contributed by atoms with Gasteiger partial charge in [-0.3, -0.25) is 4.79 Å². The lowest BCUT2D eigenvalue weighted by Gasteiger charge is -2.10. The van der Waals surface area contributed by atoms with E-state index >= 15 is 0 Å². The van der Waals surface area contributed by atoms with Gasteiger partial charge in [0.25, 0.3) is 5.91 Å². The number of hydrogen-bond donors (Lipinski definition) is 1. The Morgan fingerprint density at radius 3 is 2.35 bits per heavy atom. The van der Waals surface area contributed by atoms with E-state index in [1.165, 1.54) is 0 Å². The van der Waals surface area contributed by atoms with E-state index in [1.54, 1.807) is 0 Å². The number of hydrogen-bond acceptors (Lipinski definition) is 2. The first-order valence-corrected chi connectivity index (χ1v) is 10.8. The molecule has 0 bridgehead atoms. The highest BCUT2D eigenvalue weighted by atomic mass is 35.5. The summed E-state index contributed by atoms with van der Waals surface area (Å²) in [5.74, 6) is -0.135. The number of nitrogens with zero attached hydrogens (tertiary/aromatic N) is 2. The summed E-state index contributed by atoms with van der Waals surface area (Å²) in [6.07, 6.45) is 1.65. The lowest BCUT2D eigenvalue weighted by atomic mass is 10.0. The molecule has 1 heterocycles. The number of halogens is 1. The third-order valence-electron chi connectivity index (χ3n) is 5.09. The summed E-state index contributed by atoms with van der Waals surface area (Å²) in [4.78, 5) is 13.4. The van der Waals surface area contributed by atoms with E-state index in [-0.39, 0.29) is 5.91 Å². The Kier molecular flexibility index (Phi) is 6.48. The minimum Gasteiger partial charge on any atom is -0.348 e. The third kappa shape index (κ3) is 4.70. The molecule has 3 aromatic carbocycles. The molecule has 0 saturated heterocycles. The third-order valence-corrected chi connectivity index (χ3v) is 5.32. The van der Waals surface area contributed by atoms with Gasteiger partial charge in [0.05, 0.1) is 16.9 Å². The molecule has 0 aliphatic rings. The second-order valence-corrected chi connectivity index (χ2v) is 7.78. The lowest BCUT2D eigenvalue weighted by Crippen LogP contribution is -2.24. The van der Waals surface area contributed by atoms with Crippen molar-refractivity contribution in [2.45, 2.75) is 26.3 Å². The Bertz CT molecular complexity index is 1170. The van der Waals surface area contributed by atoms with Crippen LogP contribution in [0.5, 0.6) is 0 Å². The van der Waals surface area contributed by atoms with Gasteiger partial charge in [0.15, 0.2) is 0 Å². The van der Waals surface area contributed by atoms with Gasteiger partial charge in [-0.2, -0.15) is 5.10 Å². The summed E-state index contributed by atoms with van der Waals surface area (Å²) in [7, 11) is 0. The fraction of sp³-hybridized carbons (Fsp3) is 0.154. The van der Waals surface area contributed by atoms with Crippen LogP contribution in [0, 0.1) is 0 Å². The predicted octanol–water partition coefficient (Wildman–Crippen LogP) is 6.08. The molecule has 31 heavy (non-hydrogen) atoms. The van der Waals surface area contributed by atoms with E-state index in [0.717, 1.165) is 35.3 Å². The van der Waals surface area contributed by atoms with Crippen LogP contribution in [0.1, 0.15) is 35.0 Å². The molecule has 0 unspecified atom stereocenters. The second kappa shape index (κ2) is 9.63. The van der Waals surface area contributed by atoms with Crippen LogP contribution in [0.25, 0.3) is 16.9 Å². The van der Waals surface area contributed by atoms with Crippen LogP contribution in [-0.2, 0) is 13.0 Å². The molecule has 0 atom stereocenters. The molecule has 1 amide bonds. The Morgan fingerprint density at radius 2 is 1.68 bits per heavy atom. The maximum atomic E-state index is 13.4. The van der Waals surface area contributed by atoms with E-state index in [4.69, 9.17) is 16.7 Å². The summed E-state index contributed by atoms with van der Waals surface area (Å²) in [6, 6.07) is 27.3. The number of amides is 1. The van der Waals surface area contributed by atoms with Gasteiger partial charge in [0, 0.05) is 17.1 Å². The summed E-state index contributed by atoms with van der Waals surface area (Å²) in [5, 5.41) is 8.61. The van der Waals surface area contributed by atoms with Crippen molar-refractivity contribution in [1.29, 1.82) is 0 Å². The Morgan fingerprint density at radius 1 is 0.968 bits per heavy atom. The highest BCUT2D eigenvalue weighted by Crippen LogP contribution is 2.29. The molecule has 0 aliphatic heterocycles. The fourth-order valence-electron chi connectivity index (χ4n) is 3.66. The first kappa shape index (κ1) is 20.9. The summed E-state index contributed by atoms with van der Waals surface area (Å²) >= 11 is 6.09. The molecule has 1 N–H and O–H groups in total. The van der Waals surface area contributed by atoms with Gasteiger partial charge >= 0.3 is 0 Å². The molecule has 5 heteroatoms. The highest BCUT2D eigenvalue weighted by molar-refractivity contribution is 6.30. The minimum atomic E-state index is -0.135. The number of benzene rings is 3. The largest absolute Gasteiger partial charge is 0.348 e. The van der Waals surface area contributed by atoms with E-state index < -0.39 is 0 Å². The highest BCUT2D eigenvalue weighted by Gasteiger charge is 2.25. The SMILES string of the molecule is CCCc1c(C(=O)NCc2cccc(Cl)c2)c(-c2ccccc2)nn1-c1ccccc1. The second-order valence-electron chi connectivity index (χ2n) is 7.35. The Balaban J connectivity index is 1.78. The molecule has 0 saturated carbocycles. The molecule has 0 spiro atoms. The van der Waals surface area contributed by atoms with Crippen LogP contribution in [0.2, 0.25) is 5.02 Å². The summed E-state index contributed by atoms with van der Waals surface area (Å²) in [6.45, 7) is 2.51. The number of rotatable bonds is 7. The van der Waals surface area contributed by atoms with Crippen molar-refractivity contribution in [3.8, 4) is 16.9 Å². The first-order valence-electron chi connectivity index (χ1n) is 10.4. The van der Waals surface area contributed by atoms with Crippen LogP contribution in [0.4, 0.5) is 0 Å².